The molecule has 34 heavy (non-hydrogen) atoms. The van der Waals surface area contributed by atoms with Gasteiger partial charge in [-0.15, -0.1) is 0 Å². The number of ether oxygens (including phenoxy) is 1. The van der Waals surface area contributed by atoms with Gasteiger partial charge in [-0.25, -0.2) is 0 Å². The number of nitrogens with zero attached hydrogens (tertiary/aromatic N) is 1. The van der Waals surface area contributed by atoms with Crippen LogP contribution >= 0.6 is 0 Å². The molecule has 2 aromatic rings. The van der Waals surface area contributed by atoms with E-state index in [0.29, 0.717) is 32.6 Å². The Morgan fingerprint density at radius 1 is 0.941 bits per heavy atom. The summed E-state index contributed by atoms with van der Waals surface area (Å²) in [5, 5.41) is 5.89. The Balaban J connectivity index is 1.83. The average Bonchev–Trinajstić information content (AvgIpc) is 2.82. The number of nitrogens with one attached hydrogen (secondary N) is 2. The van der Waals surface area contributed by atoms with Crippen LogP contribution in [0, 0.1) is 17.8 Å². The number of nitrogens with two attached hydrogens (primary N) is 1. The van der Waals surface area contributed by atoms with Crippen LogP contribution in [0.4, 0.5) is 0 Å². The lowest BCUT2D eigenvalue weighted by Gasteiger charge is -2.27. The van der Waals surface area contributed by atoms with Crippen LogP contribution in [0.5, 0.6) is 0 Å². The summed E-state index contributed by atoms with van der Waals surface area (Å²) in [4.78, 5) is 30.0. The van der Waals surface area contributed by atoms with E-state index >= 15 is 0 Å². The third-order valence-electron chi connectivity index (χ3n) is 5.87. The number of carbonyl (C=O) groups is 2. The predicted octanol–water partition coefficient (Wildman–Crippen LogP) is 3.44. The van der Waals surface area contributed by atoms with Crippen molar-refractivity contribution in [3.63, 3.8) is 0 Å². The van der Waals surface area contributed by atoms with Crippen molar-refractivity contribution in [2.75, 3.05) is 6.61 Å². The van der Waals surface area contributed by atoms with Gasteiger partial charge in [0.1, 0.15) is 6.04 Å². The van der Waals surface area contributed by atoms with Crippen LogP contribution in [0.25, 0.3) is 0 Å². The highest BCUT2D eigenvalue weighted by atomic mass is 16.5. The molecule has 0 fully saturated rings. The molecule has 186 valence electrons. The maximum Gasteiger partial charge on any atom is 0.243 e. The second-order valence-electron chi connectivity index (χ2n) is 9.50. The molecule has 1 aromatic heterocycles. The van der Waals surface area contributed by atoms with Gasteiger partial charge in [-0.3, -0.25) is 14.6 Å². The summed E-state index contributed by atoms with van der Waals surface area (Å²) in [6.45, 7) is 9.23. The van der Waals surface area contributed by atoms with E-state index in [4.69, 9.17) is 10.5 Å². The molecule has 0 saturated carbocycles. The zero-order valence-electron chi connectivity index (χ0n) is 20.9. The summed E-state index contributed by atoms with van der Waals surface area (Å²) in [6.07, 6.45) is 4.72. The van der Waals surface area contributed by atoms with Crippen molar-refractivity contribution in [1.29, 1.82) is 0 Å². The number of amides is 2. The van der Waals surface area contributed by atoms with Gasteiger partial charge in [0.05, 0.1) is 13.2 Å². The van der Waals surface area contributed by atoms with Gasteiger partial charge >= 0.3 is 0 Å². The number of rotatable bonds is 14. The van der Waals surface area contributed by atoms with Gasteiger partial charge in [0.15, 0.2) is 0 Å². The summed E-state index contributed by atoms with van der Waals surface area (Å²) in [6, 6.07) is 12.9. The maximum atomic E-state index is 13.1. The molecule has 3 atom stereocenters. The predicted molar refractivity (Wildman–Crippen MR) is 134 cm³/mol. The van der Waals surface area contributed by atoms with Crippen molar-refractivity contribution in [3.8, 4) is 0 Å². The lowest BCUT2D eigenvalue weighted by Crippen LogP contribution is -2.51. The lowest BCUT2D eigenvalue weighted by molar-refractivity contribution is -0.133. The average molecular weight is 469 g/mol. The minimum Gasteiger partial charge on any atom is -0.375 e. The van der Waals surface area contributed by atoms with E-state index < -0.39 is 6.04 Å². The van der Waals surface area contributed by atoms with Gasteiger partial charge in [0.25, 0.3) is 0 Å². The van der Waals surface area contributed by atoms with E-state index in [0.717, 1.165) is 11.1 Å². The third kappa shape index (κ3) is 9.61. The van der Waals surface area contributed by atoms with Gasteiger partial charge < -0.3 is 21.1 Å². The summed E-state index contributed by atoms with van der Waals surface area (Å²) < 4.78 is 5.74. The maximum absolute atomic E-state index is 13.1. The first-order chi connectivity index (χ1) is 16.3. The first-order valence-electron chi connectivity index (χ1n) is 12.1. The van der Waals surface area contributed by atoms with E-state index in [1.54, 1.807) is 12.4 Å². The quantitative estimate of drug-likeness (QED) is 0.394. The molecule has 0 bridgehead atoms. The molecule has 0 aliphatic heterocycles. The van der Waals surface area contributed by atoms with Crippen LogP contribution in [-0.4, -0.2) is 35.5 Å². The van der Waals surface area contributed by atoms with E-state index in [-0.39, 0.29) is 35.6 Å². The van der Waals surface area contributed by atoms with E-state index in [1.807, 2.05) is 70.2 Å². The topological polar surface area (TPSA) is 106 Å². The minimum absolute atomic E-state index is 0.0423. The van der Waals surface area contributed by atoms with Crippen LogP contribution in [-0.2, 0) is 27.5 Å². The van der Waals surface area contributed by atoms with Gasteiger partial charge in [-0.1, -0.05) is 64.1 Å². The fraction of sp³-hybridized carbons (Fsp3) is 0.519. The van der Waals surface area contributed by atoms with E-state index in [1.165, 1.54) is 0 Å². The first kappa shape index (κ1) is 27.5. The highest BCUT2D eigenvalue weighted by Crippen LogP contribution is 2.19. The van der Waals surface area contributed by atoms with Crippen molar-refractivity contribution >= 4 is 11.8 Å². The highest BCUT2D eigenvalue weighted by molar-refractivity contribution is 5.88. The Morgan fingerprint density at radius 3 is 2.26 bits per heavy atom. The van der Waals surface area contributed by atoms with Gasteiger partial charge in [-0.05, 0) is 41.9 Å². The number of pyridine rings is 1. The van der Waals surface area contributed by atoms with E-state index in [2.05, 4.69) is 15.6 Å². The Morgan fingerprint density at radius 2 is 1.65 bits per heavy atom. The van der Waals surface area contributed by atoms with E-state index in [9.17, 15) is 9.59 Å². The Hall–Kier alpha value is -2.77. The molecule has 0 aliphatic rings. The van der Waals surface area contributed by atoms with Crippen molar-refractivity contribution in [1.82, 2.24) is 15.6 Å². The monoisotopic (exact) mass is 468 g/mol. The molecule has 0 radical (unpaired) electrons. The summed E-state index contributed by atoms with van der Waals surface area (Å²) in [5.41, 5.74) is 8.27. The van der Waals surface area contributed by atoms with Gasteiger partial charge in [-0.2, -0.15) is 0 Å². The van der Waals surface area contributed by atoms with Crippen molar-refractivity contribution in [3.05, 3.63) is 66.0 Å². The summed E-state index contributed by atoms with van der Waals surface area (Å²) in [7, 11) is 0. The first-order valence-corrected chi connectivity index (χ1v) is 12.1. The van der Waals surface area contributed by atoms with Gasteiger partial charge in [0.2, 0.25) is 11.8 Å². The molecule has 1 heterocycles. The largest absolute Gasteiger partial charge is 0.375 e. The second kappa shape index (κ2) is 14.5. The van der Waals surface area contributed by atoms with Crippen molar-refractivity contribution in [2.45, 2.75) is 65.8 Å². The number of carbonyl (C=O) groups excluding carboxylic acids is 2. The molecule has 7 nitrogen and oxygen atoms in total. The fourth-order valence-corrected chi connectivity index (χ4v) is 3.74. The summed E-state index contributed by atoms with van der Waals surface area (Å²) in [5.74, 6) is -0.445. The number of hydrogen-bond donors (Lipinski definition) is 3. The van der Waals surface area contributed by atoms with Gasteiger partial charge in [0, 0.05) is 30.9 Å². The van der Waals surface area contributed by atoms with Crippen LogP contribution in [0.15, 0.2) is 54.9 Å². The molecule has 2 amide bonds. The zero-order valence-corrected chi connectivity index (χ0v) is 20.9. The molecule has 2 rings (SSSR count). The van der Waals surface area contributed by atoms with Crippen LogP contribution < -0.4 is 16.4 Å². The fourth-order valence-electron chi connectivity index (χ4n) is 3.74. The van der Waals surface area contributed by atoms with Crippen molar-refractivity contribution < 1.29 is 14.3 Å². The highest BCUT2D eigenvalue weighted by Gasteiger charge is 2.29. The number of hydrogen-bond acceptors (Lipinski definition) is 5. The number of benzene rings is 1. The molecule has 0 aliphatic carbocycles. The smallest absolute Gasteiger partial charge is 0.243 e. The molecule has 2 unspecified atom stereocenters. The lowest BCUT2D eigenvalue weighted by atomic mass is 9.88. The molecular weight excluding hydrogens is 428 g/mol. The molecular formula is C27H40N4O3. The molecule has 0 spiro atoms. The normalized spacial score (nSPS) is 14.0. The zero-order chi connectivity index (χ0) is 24.9. The van der Waals surface area contributed by atoms with Crippen LogP contribution in [0.3, 0.4) is 0 Å². The molecule has 7 heteroatoms. The number of aromatic nitrogens is 1. The molecule has 4 N–H and O–H groups in total. The minimum atomic E-state index is -0.603. The van der Waals surface area contributed by atoms with Crippen molar-refractivity contribution in [2.24, 2.45) is 23.5 Å². The molecule has 1 aromatic carbocycles. The second-order valence-corrected chi connectivity index (χ2v) is 9.50. The van der Waals surface area contributed by atoms with Crippen LogP contribution in [0.2, 0.25) is 0 Å². The summed E-state index contributed by atoms with van der Waals surface area (Å²) >= 11 is 0. The SMILES string of the molecule is CC(C)C(NC(=O)[C@@H](CCC(N)COCc1ccccc1)C(C)C)C(=O)NCc1cccnc1. The van der Waals surface area contributed by atoms with Crippen LogP contribution in [0.1, 0.15) is 51.7 Å². The Bertz CT molecular complexity index is 859. The third-order valence-corrected chi connectivity index (χ3v) is 5.87. The Labute approximate surface area is 203 Å². The Kier molecular flexibility index (Phi) is 11.7. The standard InChI is InChI=1S/C27H40N4O3/c1-19(2)24(13-12-23(28)18-34-17-21-9-6-5-7-10-21)26(32)31-25(20(3)4)27(33)30-16-22-11-8-14-29-15-22/h5-11,14-15,19-20,23-25H,12-13,16-18,28H2,1-4H3,(H,30,33)(H,31,32)/t23?,24-,25?/m0/s1. The molecule has 0 saturated heterocycles.